The highest BCUT2D eigenvalue weighted by atomic mass is 32.2. The number of carboxylic acids is 1. The molecule has 1 aromatic heterocycles. The van der Waals surface area contributed by atoms with Gasteiger partial charge in [0.05, 0.1) is 12.9 Å². The van der Waals surface area contributed by atoms with E-state index in [4.69, 9.17) is 9.84 Å². The molecular formula is C12H13N3O3S2. The lowest BCUT2D eigenvalue weighted by molar-refractivity contribution is -0.133. The number of hydrogen-bond acceptors (Lipinski definition) is 7. The second-order valence-electron chi connectivity index (χ2n) is 3.86. The van der Waals surface area contributed by atoms with Crippen molar-refractivity contribution in [1.82, 2.24) is 10.2 Å². The molecule has 106 valence electrons. The Morgan fingerprint density at radius 2 is 2.30 bits per heavy atom. The SMILES string of the molecule is COc1ccc(Nc2nnc(SCC(=O)O)s2)c(C)c1. The number of nitrogens with one attached hydrogen (secondary N) is 1. The Balaban J connectivity index is 2.05. The zero-order valence-electron chi connectivity index (χ0n) is 10.9. The first-order valence-electron chi connectivity index (χ1n) is 5.68. The fraction of sp³-hybridized carbons (Fsp3) is 0.250. The molecule has 0 aliphatic rings. The maximum absolute atomic E-state index is 10.5. The Morgan fingerprint density at radius 3 is 2.95 bits per heavy atom. The molecule has 0 amide bonds. The molecule has 2 rings (SSSR count). The Labute approximate surface area is 124 Å². The zero-order valence-corrected chi connectivity index (χ0v) is 12.5. The summed E-state index contributed by atoms with van der Waals surface area (Å²) in [5.41, 5.74) is 1.94. The van der Waals surface area contributed by atoms with E-state index in [0.717, 1.165) is 28.8 Å². The molecule has 0 spiro atoms. The number of rotatable bonds is 6. The minimum Gasteiger partial charge on any atom is -0.497 e. The molecule has 8 heteroatoms. The Bertz CT molecular complexity index is 616. The third kappa shape index (κ3) is 3.84. The molecule has 0 unspecified atom stereocenters. The Morgan fingerprint density at radius 1 is 1.50 bits per heavy atom. The van der Waals surface area contributed by atoms with E-state index in [1.807, 2.05) is 25.1 Å². The highest BCUT2D eigenvalue weighted by Crippen LogP contribution is 2.29. The summed E-state index contributed by atoms with van der Waals surface area (Å²) in [6.45, 7) is 1.96. The van der Waals surface area contributed by atoms with Crippen LogP contribution in [0.15, 0.2) is 22.5 Å². The standard InChI is InChI=1S/C12H13N3O3S2/c1-7-5-8(18-2)3-4-9(7)13-11-14-15-12(20-11)19-6-10(16)17/h3-5H,6H2,1-2H3,(H,13,14)(H,16,17). The lowest BCUT2D eigenvalue weighted by Crippen LogP contribution is -1.96. The number of aliphatic carboxylic acids is 1. The largest absolute Gasteiger partial charge is 0.497 e. The number of nitrogens with zero attached hydrogens (tertiary/aromatic N) is 2. The van der Waals surface area contributed by atoms with Crippen LogP contribution in [0.4, 0.5) is 10.8 Å². The van der Waals surface area contributed by atoms with E-state index in [1.165, 1.54) is 11.3 Å². The number of benzene rings is 1. The van der Waals surface area contributed by atoms with Gasteiger partial charge >= 0.3 is 5.97 Å². The van der Waals surface area contributed by atoms with Crippen molar-refractivity contribution in [2.45, 2.75) is 11.3 Å². The third-order valence-corrected chi connectivity index (χ3v) is 4.36. The van der Waals surface area contributed by atoms with Gasteiger partial charge in [-0.2, -0.15) is 0 Å². The maximum Gasteiger partial charge on any atom is 0.313 e. The van der Waals surface area contributed by atoms with E-state index < -0.39 is 5.97 Å². The smallest absolute Gasteiger partial charge is 0.313 e. The van der Waals surface area contributed by atoms with Gasteiger partial charge in [-0.25, -0.2) is 0 Å². The van der Waals surface area contributed by atoms with Gasteiger partial charge in [-0.1, -0.05) is 23.1 Å². The van der Waals surface area contributed by atoms with Crippen LogP contribution in [0, 0.1) is 6.92 Å². The van der Waals surface area contributed by atoms with E-state index in [9.17, 15) is 4.79 Å². The number of aryl methyl sites for hydroxylation is 1. The number of thioether (sulfide) groups is 1. The van der Waals surface area contributed by atoms with Crippen molar-refractivity contribution in [2.24, 2.45) is 0 Å². The van der Waals surface area contributed by atoms with Crippen molar-refractivity contribution in [3.63, 3.8) is 0 Å². The van der Waals surface area contributed by atoms with E-state index in [1.54, 1.807) is 7.11 Å². The molecule has 0 bridgehead atoms. The normalized spacial score (nSPS) is 10.3. The van der Waals surface area contributed by atoms with Crippen LogP contribution in [0.3, 0.4) is 0 Å². The molecule has 1 aromatic carbocycles. The average Bonchev–Trinajstić information content (AvgIpc) is 2.86. The van der Waals surface area contributed by atoms with Gasteiger partial charge in [-0.3, -0.25) is 4.79 Å². The summed E-state index contributed by atoms with van der Waals surface area (Å²) < 4.78 is 5.77. The number of hydrogen-bond donors (Lipinski definition) is 2. The van der Waals surface area contributed by atoms with Gasteiger partial charge in [-0.05, 0) is 30.7 Å². The summed E-state index contributed by atoms with van der Waals surface area (Å²) in [5, 5.41) is 20.3. The number of ether oxygens (including phenoxy) is 1. The molecule has 0 aliphatic heterocycles. The van der Waals surface area contributed by atoms with Crippen LogP contribution in [-0.2, 0) is 4.79 Å². The van der Waals surface area contributed by atoms with Crippen LogP contribution in [0.25, 0.3) is 0 Å². The number of methoxy groups -OCH3 is 1. The van der Waals surface area contributed by atoms with Crippen molar-refractivity contribution in [3.05, 3.63) is 23.8 Å². The minimum atomic E-state index is -0.870. The minimum absolute atomic E-state index is 0.0177. The maximum atomic E-state index is 10.5. The van der Waals surface area contributed by atoms with Crippen molar-refractivity contribution >= 4 is 39.9 Å². The lowest BCUT2D eigenvalue weighted by Gasteiger charge is -2.07. The predicted octanol–water partition coefficient (Wildman–Crippen LogP) is 2.78. The summed E-state index contributed by atoms with van der Waals surface area (Å²) in [6, 6.07) is 5.68. The van der Waals surface area contributed by atoms with Crippen LogP contribution in [0.1, 0.15) is 5.56 Å². The zero-order chi connectivity index (χ0) is 14.5. The van der Waals surface area contributed by atoms with Gasteiger partial charge in [0.2, 0.25) is 5.13 Å². The molecule has 0 fully saturated rings. The second kappa shape index (κ2) is 6.58. The van der Waals surface area contributed by atoms with Gasteiger partial charge in [0, 0.05) is 5.69 Å². The molecule has 0 aliphatic carbocycles. The molecule has 1 heterocycles. The van der Waals surface area contributed by atoms with Crippen LogP contribution in [-0.4, -0.2) is 34.1 Å². The van der Waals surface area contributed by atoms with Gasteiger partial charge in [0.15, 0.2) is 4.34 Å². The van der Waals surface area contributed by atoms with Gasteiger partial charge in [-0.15, -0.1) is 10.2 Å². The summed E-state index contributed by atoms with van der Waals surface area (Å²) in [5.74, 6) is -0.0929. The van der Waals surface area contributed by atoms with Gasteiger partial charge in [0.1, 0.15) is 5.75 Å². The number of aromatic nitrogens is 2. The van der Waals surface area contributed by atoms with Crippen molar-refractivity contribution in [3.8, 4) is 5.75 Å². The quantitative estimate of drug-likeness (QED) is 0.793. The fourth-order valence-corrected chi connectivity index (χ4v) is 2.95. The highest BCUT2D eigenvalue weighted by molar-refractivity contribution is 8.01. The van der Waals surface area contributed by atoms with Crippen molar-refractivity contribution < 1.29 is 14.6 Å². The molecule has 20 heavy (non-hydrogen) atoms. The summed E-state index contributed by atoms with van der Waals surface area (Å²) in [6.07, 6.45) is 0. The highest BCUT2D eigenvalue weighted by Gasteiger charge is 2.08. The third-order valence-electron chi connectivity index (χ3n) is 2.40. The molecular weight excluding hydrogens is 298 g/mol. The van der Waals surface area contributed by atoms with E-state index in [0.29, 0.717) is 9.47 Å². The molecule has 0 saturated carbocycles. The lowest BCUT2D eigenvalue weighted by atomic mass is 10.2. The van der Waals surface area contributed by atoms with E-state index in [-0.39, 0.29) is 5.75 Å². The summed E-state index contributed by atoms with van der Waals surface area (Å²) in [7, 11) is 1.62. The summed E-state index contributed by atoms with van der Waals surface area (Å²) in [4.78, 5) is 10.5. The molecule has 2 aromatic rings. The monoisotopic (exact) mass is 311 g/mol. The molecule has 2 N–H and O–H groups in total. The molecule has 0 atom stereocenters. The molecule has 0 radical (unpaired) electrons. The van der Waals surface area contributed by atoms with Gasteiger partial charge < -0.3 is 15.2 Å². The van der Waals surface area contributed by atoms with Crippen LogP contribution in [0.2, 0.25) is 0 Å². The van der Waals surface area contributed by atoms with Crippen LogP contribution in [0.5, 0.6) is 5.75 Å². The fourth-order valence-electron chi connectivity index (χ4n) is 1.46. The first kappa shape index (κ1) is 14.6. The van der Waals surface area contributed by atoms with E-state index >= 15 is 0 Å². The Kier molecular flexibility index (Phi) is 4.80. The number of carbonyl (C=O) groups is 1. The van der Waals surface area contributed by atoms with Gasteiger partial charge in [0.25, 0.3) is 0 Å². The first-order valence-corrected chi connectivity index (χ1v) is 7.48. The second-order valence-corrected chi connectivity index (χ2v) is 6.06. The molecule has 6 nitrogen and oxygen atoms in total. The van der Waals surface area contributed by atoms with Crippen LogP contribution < -0.4 is 10.1 Å². The van der Waals surface area contributed by atoms with Crippen molar-refractivity contribution in [1.29, 1.82) is 0 Å². The topological polar surface area (TPSA) is 84.3 Å². The summed E-state index contributed by atoms with van der Waals surface area (Å²) >= 11 is 2.48. The molecule has 0 saturated heterocycles. The Hall–Kier alpha value is -1.80. The number of anilines is 2. The predicted molar refractivity (Wildman–Crippen MR) is 79.3 cm³/mol. The van der Waals surface area contributed by atoms with Crippen molar-refractivity contribution in [2.75, 3.05) is 18.2 Å². The number of carboxylic acid groups (broad SMARTS) is 1. The first-order chi connectivity index (χ1) is 9.58. The van der Waals surface area contributed by atoms with Crippen LogP contribution >= 0.6 is 23.1 Å². The average molecular weight is 311 g/mol. The van der Waals surface area contributed by atoms with E-state index in [2.05, 4.69) is 15.5 Å².